The van der Waals surface area contributed by atoms with Crippen molar-refractivity contribution in [3.63, 3.8) is 0 Å². The molecule has 4 atom stereocenters. The normalized spacial score (nSPS) is 18.3. The Bertz CT molecular complexity index is 191. The topological polar surface area (TPSA) is 87.4 Å². The van der Waals surface area contributed by atoms with Gasteiger partial charge in [-0.25, -0.2) is 0 Å². The van der Waals surface area contributed by atoms with Crippen molar-refractivity contribution in [3.8, 4) is 0 Å². The lowest BCUT2D eigenvalue weighted by Crippen LogP contribution is -2.44. The van der Waals surface area contributed by atoms with E-state index in [-0.39, 0.29) is 0 Å². The number of hydrogen-bond donors (Lipinski definition) is 4. The number of aliphatic hydroxyl groups is 4. The monoisotopic (exact) mass is 292 g/mol. The summed E-state index contributed by atoms with van der Waals surface area (Å²) < 4.78 is 0. The maximum absolute atomic E-state index is 9.47. The summed E-state index contributed by atoms with van der Waals surface area (Å²) in [6, 6.07) is 0. The van der Waals surface area contributed by atoms with Crippen LogP contribution < -0.4 is 0 Å². The van der Waals surface area contributed by atoms with Crippen molar-refractivity contribution in [2.24, 2.45) is 0 Å². The Hall–Kier alpha value is -0.240. The summed E-state index contributed by atoms with van der Waals surface area (Å²) in [7, 11) is 0. The van der Waals surface area contributed by atoms with Gasteiger partial charge in [-0.1, -0.05) is 0 Å². The fourth-order valence-electron chi connectivity index (χ4n) is 2.29. The van der Waals surface area contributed by atoms with E-state index in [1.807, 2.05) is 9.80 Å². The van der Waals surface area contributed by atoms with Crippen LogP contribution in [0.25, 0.3) is 0 Å². The lowest BCUT2D eigenvalue weighted by Gasteiger charge is -2.30. The Labute approximate surface area is 122 Å². The highest BCUT2D eigenvalue weighted by molar-refractivity contribution is 4.70. The van der Waals surface area contributed by atoms with Gasteiger partial charge in [0.2, 0.25) is 0 Å². The van der Waals surface area contributed by atoms with E-state index in [1.54, 1.807) is 27.7 Å². The maximum Gasteiger partial charge on any atom is 0.0639 e. The molecule has 0 heterocycles. The molecule has 0 rings (SSSR count). The molecule has 0 unspecified atom stereocenters. The second-order valence-electron chi connectivity index (χ2n) is 5.92. The molecule has 0 aromatic rings. The van der Waals surface area contributed by atoms with Gasteiger partial charge in [-0.3, -0.25) is 9.80 Å². The van der Waals surface area contributed by atoms with Crippen LogP contribution in [0.5, 0.6) is 0 Å². The van der Waals surface area contributed by atoms with Crippen LogP contribution in [-0.2, 0) is 0 Å². The fraction of sp³-hybridized carbons (Fsp3) is 1.00. The average molecular weight is 292 g/mol. The molecular formula is C14H32N2O4. The molecular weight excluding hydrogens is 260 g/mol. The molecule has 0 aromatic heterocycles. The van der Waals surface area contributed by atoms with Gasteiger partial charge in [0, 0.05) is 39.3 Å². The van der Waals surface area contributed by atoms with Crippen molar-refractivity contribution in [1.29, 1.82) is 0 Å². The molecule has 20 heavy (non-hydrogen) atoms. The zero-order chi connectivity index (χ0) is 15.7. The van der Waals surface area contributed by atoms with Gasteiger partial charge in [0.25, 0.3) is 0 Å². The van der Waals surface area contributed by atoms with Crippen molar-refractivity contribution in [2.75, 3.05) is 39.3 Å². The van der Waals surface area contributed by atoms with Crippen molar-refractivity contribution < 1.29 is 20.4 Å². The van der Waals surface area contributed by atoms with Gasteiger partial charge in [0.05, 0.1) is 24.4 Å². The molecule has 122 valence electrons. The lowest BCUT2D eigenvalue weighted by atomic mass is 10.2. The molecule has 6 nitrogen and oxygen atoms in total. The second kappa shape index (κ2) is 10.5. The molecule has 0 amide bonds. The smallest absolute Gasteiger partial charge is 0.0639 e. The summed E-state index contributed by atoms with van der Waals surface area (Å²) in [6.45, 7) is 10.2. The summed E-state index contributed by atoms with van der Waals surface area (Å²) in [4.78, 5) is 3.98. The van der Waals surface area contributed by atoms with Crippen LogP contribution >= 0.6 is 0 Å². The molecule has 4 N–H and O–H groups in total. The third kappa shape index (κ3) is 11.6. The first-order valence-electron chi connectivity index (χ1n) is 7.37. The van der Waals surface area contributed by atoms with Crippen molar-refractivity contribution in [3.05, 3.63) is 0 Å². The molecule has 0 bridgehead atoms. The van der Waals surface area contributed by atoms with Crippen LogP contribution in [0, 0.1) is 0 Å². The van der Waals surface area contributed by atoms with Crippen LogP contribution in [0.2, 0.25) is 0 Å². The highest BCUT2D eigenvalue weighted by Crippen LogP contribution is 2.00. The van der Waals surface area contributed by atoms with E-state index in [4.69, 9.17) is 0 Å². The predicted octanol–water partition coefficient (Wildman–Crippen LogP) is -0.886. The molecule has 0 radical (unpaired) electrons. The number of hydrogen-bond acceptors (Lipinski definition) is 6. The summed E-state index contributed by atoms with van der Waals surface area (Å²) in [6.07, 6.45) is -1.79. The Morgan fingerprint density at radius 1 is 0.550 bits per heavy atom. The summed E-state index contributed by atoms with van der Waals surface area (Å²) in [5.41, 5.74) is 0. The van der Waals surface area contributed by atoms with E-state index in [0.29, 0.717) is 39.3 Å². The Balaban J connectivity index is 4.35. The van der Waals surface area contributed by atoms with E-state index in [1.165, 1.54) is 0 Å². The molecule has 0 aliphatic heterocycles. The second-order valence-corrected chi connectivity index (χ2v) is 5.92. The Morgan fingerprint density at radius 3 is 0.900 bits per heavy atom. The zero-order valence-electron chi connectivity index (χ0n) is 13.2. The minimum Gasteiger partial charge on any atom is -0.392 e. The summed E-state index contributed by atoms with van der Waals surface area (Å²) >= 11 is 0. The van der Waals surface area contributed by atoms with Gasteiger partial charge in [0.1, 0.15) is 0 Å². The van der Waals surface area contributed by atoms with Gasteiger partial charge in [-0.2, -0.15) is 0 Å². The van der Waals surface area contributed by atoms with Crippen LogP contribution in [0.15, 0.2) is 0 Å². The van der Waals surface area contributed by atoms with Crippen molar-refractivity contribution >= 4 is 0 Å². The zero-order valence-corrected chi connectivity index (χ0v) is 13.2. The van der Waals surface area contributed by atoms with Crippen LogP contribution in [0.1, 0.15) is 27.7 Å². The quantitative estimate of drug-likeness (QED) is 0.395. The van der Waals surface area contributed by atoms with E-state index < -0.39 is 24.4 Å². The molecule has 0 saturated heterocycles. The van der Waals surface area contributed by atoms with Gasteiger partial charge >= 0.3 is 0 Å². The number of rotatable bonds is 11. The van der Waals surface area contributed by atoms with E-state index in [9.17, 15) is 20.4 Å². The van der Waals surface area contributed by atoms with Crippen LogP contribution in [0.3, 0.4) is 0 Å². The number of nitrogens with zero attached hydrogens (tertiary/aromatic N) is 2. The van der Waals surface area contributed by atoms with Crippen LogP contribution in [-0.4, -0.2) is 93.9 Å². The largest absolute Gasteiger partial charge is 0.392 e. The van der Waals surface area contributed by atoms with Crippen LogP contribution in [0.4, 0.5) is 0 Å². The van der Waals surface area contributed by atoms with Crippen molar-refractivity contribution in [1.82, 2.24) is 9.80 Å². The van der Waals surface area contributed by atoms with Gasteiger partial charge < -0.3 is 20.4 Å². The molecule has 0 saturated carbocycles. The SMILES string of the molecule is C[C@@H](O)CN(CCN(C[C@@H](C)O)C[C@@H](C)O)C[C@@H](C)O. The molecule has 0 fully saturated rings. The first-order chi connectivity index (χ1) is 9.20. The first kappa shape index (κ1) is 19.8. The van der Waals surface area contributed by atoms with E-state index in [0.717, 1.165) is 0 Å². The first-order valence-corrected chi connectivity index (χ1v) is 7.37. The third-order valence-electron chi connectivity index (χ3n) is 2.82. The molecule has 0 aromatic carbocycles. The van der Waals surface area contributed by atoms with Crippen molar-refractivity contribution in [2.45, 2.75) is 52.1 Å². The van der Waals surface area contributed by atoms with E-state index in [2.05, 4.69) is 0 Å². The average Bonchev–Trinajstić information content (AvgIpc) is 2.22. The minimum absolute atomic E-state index is 0.448. The predicted molar refractivity (Wildman–Crippen MR) is 79.6 cm³/mol. The van der Waals surface area contributed by atoms with Gasteiger partial charge in [0.15, 0.2) is 0 Å². The molecule has 0 aliphatic carbocycles. The third-order valence-corrected chi connectivity index (χ3v) is 2.82. The standard InChI is InChI=1S/C14H32N2O4/c1-11(17)7-15(8-12(2)18)5-6-16(9-13(3)19)10-14(4)20/h11-14,17-20H,5-10H2,1-4H3/t11-,12-,13-,14-/m1/s1. The lowest BCUT2D eigenvalue weighted by molar-refractivity contribution is 0.0542. The Morgan fingerprint density at radius 2 is 0.750 bits per heavy atom. The summed E-state index contributed by atoms with van der Waals surface area (Å²) in [5.74, 6) is 0. The highest BCUT2D eigenvalue weighted by atomic mass is 16.3. The van der Waals surface area contributed by atoms with Gasteiger partial charge in [-0.05, 0) is 27.7 Å². The van der Waals surface area contributed by atoms with Gasteiger partial charge in [-0.15, -0.1) is 0 Å². The highest BCUT2D eigenvalue weighted by Gasteiger charge is 2.15. The number of aliphatic hydroxyl groups excluding tert-OH is 4. The summed E-state index contributed by atoms with van der Waals surface area (Å²) in [5, 5.41) is 37.9. The minimum atomic E-state index is -0.448. The fourth-order valence-corrected chi connectivity index (χ4v) is 2.29. The molecule has 6 heteroatoms. The van der Waals surface area contributed by atoms with E-state index >= 15 is 0 Å². The Kier molecular flexibility index (Phi) is 10.4. The molecule has 0 spiro atoms. The maximum atomic E-state index is 9.47. The molecule has 0 aliphatic rings.